The van der Waals surface area contributed by atoms with Crippen LogP contribution in [0.4, 0.5) is 11.4 Å². The molecule has 0 atom stereocenters. The summed E-state index contributed by atoms with van der Waals surface area (Å²) in [5.74, 6) is 1.67. The minimum Gasteiger partial charge on any atom is -0.453 e. The van der Waals surface area contributed by atoms with Crippen LogP contribution in [0.3, 0.4) is 0 Å². The SMILES string of the molecule is CC1(C)OB(c2ccc(-c3cccc4c3Nc3ccccc3O4)cc2)OC1(C)C. The van der Waals surface area contributed by atoms with Crippen molar-refractivity contribution in [2.24, 2.45) is 0 Å². The molecule has 2 aliphatic heterocycles. The minimum absolute atomic E-state index is 0.344. The van der Waals surface area contributed by atoms with E-state index in [1.54, 1.807) is 0 Å². The maximum absolute atomic E-state index is 6.17. The minimum atomic E-state index is -0.355. The molecule has 5 rings (SSSR count). The van der Waals surface area contributed by atoms with E-state index in [9.17, 15) is 0 Å². The molecule has 1 saturated heterocycles. The van der Waals surface area contributed by atoms with Crippen LogP contribution < -0.4 is 15.5 Å². The normalized spacial score (nSPS) is 18.4. The molecule has 2 aliphatic rings. The quantitative estimate of drug-likeness (QED) is 0.463. The summed E-state index contributed by atoms with van der Waals surface area (Å²) in [6, 6.07) is 22.5. The highest BCUT2D eigenvalue weighted by molar-refractivity contribution is 6.62. The second-order valence-electron chi connectivity index (χ2n) is 8.61. The van der Waals surface area contributed by atoms with Crippen molar-refractivity contribution in [3.05, 3.63) is 66.7 Å². The van der Waals surface area contributed by atoms with Crippen molar-refractivity contribution >= 4 is 24.0 Å². The summed E-state index contributed by atoms with van der Waals surface area (Å²) < 4.78 is 18.4. The van der Waals surface area contributed by atoms with Gasteiger partial charge in [0.25, 0.3) is 0 Å². The Bertz CT molecular complexity index is 1060. The van der Waals surface area contributed by atoms with Gasteiger partial charge in [-0.1, -0.05) is 48.5 Å². The first-order valence-corrected chi connectivity index (χ1v) is 9.97. The third-order valence-corrected chi connectivity index (χ3v) is 6.14. The number of benzene rings is 3. The van der Waals surface area contributed by atoms with Gasteiger partial charge in [0, 0.05) is 5.56 Å². The standard InChI is InChI=1S/C24H24BNO3/c1-23(2)24(3,4)29-25(28-23)17-14-12-16(13-15-17)18-8-7-11-21-22(18)26-19-9-5-6-10-20(19)27-21/h5-15,26H,1-4H3. The lowest BCUT2D eigenvalue weighted by molar-refractivity contribution is 0.00578. The lowest BCUT2D eigenvalue weighted by Gasteiger charge is -2.32. The van der Waals surface area contributed by atoms with Crippen molar-refractivity contribution in [2.75, 3.05) is 5.32 Å². The van der Waals surface area contributed by atoms with Gasteiger partial charge in [-0.05, 0) is 56.9 Å². The van der Waals surface area contributed by atoms with E-state index in [0.717, 1.165) is 39.5 Å². The predicted octanol–water partition coefficient (Wildman–Crippen LogP) is 5.50. The van der Waals surface area contributed by atoms with Gasteiger partial charge < -0.3 is 19.4 Å². The van der Waals surface area contributed by atoms with Gasteiger partial charge in [-0.25, -0.2) is 0 Å². The molecule has 4 nitrogen and oxygen atoms in total. The molecule has 0 bridgehead atoms. The number of ether oxygens (including phenoxy) is 1. The van der Waals surface area contributed by atoms with Crippen LogP contribution in [0.25, 0.3) is 11.1 Å². The molecular weight excluding hydrogens is 361 g/mol. The number of nitrogens with one attached hydrogen (secondary N) is 1. The molecule has 1 fully saturated rings. The van der Waals surface area contributed by atoms with Crippen LogP contribution in [0.15, 0.2) is 66.7 Å². The largest absolute Gasteiger partial charge is 0.494 e. The zero-order valence-corrected chi connectivity index (χ0v) is 17.2. The summed E-state index contributed by atoms with van der Waals surface area (Å²) in [7, 11) is -0.355. The first-order chi connectivity index (χ1) is 13.8. The highest BCUT2D eigenvalue weighted by Crippen LogP contribution is 2.46. The molecule has 1 N–H and O–H groups in total. The van der Waals surface area contributed by atoms with Gasteiger partial charge in [0.05, 0.1) is 22.6 Å². The molecule has 0 radical (unpaired) electrons. The van der Waals surface area contributed by atoms with Crippen LogP contribution >= 0.6 is 0 Å². The Morgan fingerprint density at radius 3 is 2.10 bits per heavy atom. The number of hydrogen-bond donors (Lipinski definition) is 1. The van der Waals surface area contributed by atoms with Crippen molar-refractivity contribution in [3.8, 4) is 22.6 Å². The van der Waals surface area contributed by atoms with E-state index in [0.29, 0.717) is 0 Å². The highest BCUT2D eigenvalue weighted by atomic mass is 16.7. The summed E-state index contributed by atoms with van der Waals surface area (Å²) in [6.07, 6.45) is 0. The fourth-order valence-electron chi connectivity index (χ4n) is 3.70. The monoisotopic (exact) mass is 385 g/mol. The molecule has 146 valence electrons. The zero-order valence-electron chi connectivity index (χ0n) is 17.2. The molecule has 2 heterocycles. The Labute approximate surface area is 172 Å². The van der Waals surface area contributed by atoms with E-state index in [4.69, 9.17) is 14.0 Å². The lowest BCUT2D eigenvalue weighted by Crippen LogP contribution is -2.41. The Morgan fingerprint density at radius 2 is 1.38 bits per heavy atom. The van der Waals surface area contributed by atoms with Crippen LogP contribution in [0.2, 0.25) is 0 Å². The van der Waals surface area contributed by atoms with Crippen molar-refractivity contribution in [1.29, 1.82) is 0 Å². The smallest absolute Gasteiger partial charge is 0.453 e. The molecule has 3 aromatic carbocycles. The fraction of sp³-hybridized carbons (Fsp3) is 0.250. The maximum Gasteiger partial charge on any atom is 0.494 e. The topological polar surface area (TPSA) is 39.7 Å². The van der Waals surface area contributed by atoms with Crippen molar-refractivity contribution in [2.45, 2.75) is 38.9 Å². The lowest BCUT2D eigenvalue weighted by atomic mass is 9.78. The Morgan fingerprint density at radius 1 is 0.724 bits per heavy atom. The van der Waals surface area contributed by atoms with Gasteiger partial charge >= 0.3 is 7.12 Å². The van der Waals surface area contributed by atoms with Crippen LogP contribution in [0.5, 0.6) is 11.5 Å². The summed E-state index contributed by atoms with van der Waals surface area (Å²) in [5.41, 5.74) is 4.49. The molecule has 29 heavy (non-hydrogen) atoms. The van der Waals surface area contributed by atoms with Crippen LogP contribution in [-0.2, 0) is 9.31 Å². The van der Waals surface area contributed by atoms with Crippen LogP contribution in [-0.4, -0.2) is 18.3 Å². The second kappa shape index (κ2) is 6.38. The van der Waals surface area contributed by atoms with Crippen LogP contribution in [0, 0.1) is 0 Å². The molecular formula is C24H24BNO3. The average Bonchev–Trinajstić information content (AvgIpc) is 2.93. The summed E-state index contributed by atoms with van der Waals surface area (Å²) >= 11 is 0. The van der Waals surface area contributed by atoms with Crippen molar-refractivity contribution in [3.63, 3.8) is 0 Å². The van der Waals surface area contributed by atoms with Gasteiger partial charge in [-0.3, -0.25) is 0 Å². The number of para-hydroxylation sites is 3. The maximum atomic E-state index is 6.17. The Hall–Kier alpha value is -2.76. The molecule has 5 heteroatoms. The van der Waals surface area contributed by atoms with E-state index in [2.05, 4.69) is 63.3 Å². The molecule has 0 saturated carbocycles. The Balaban J connectivity index is 1.45. The third-order valence-electron chi connectivity index (χ3n) is 6.14. The van der Waals surface area contributed by atoms with Gasteiger partial charge in [0.15, 0.2) is 11.5 Å². The molecule has 0 unspecified atom stereocenters. The van der Waals surface area contributed by atoms with Gasteiger partial charge in [-0.2, -0.15) is 0 Å². The van der Waals surface area contributed by atoms with Gasteiger partial charge in [0.1, 0.15) is 0 Å². The van der Waals surface area contributed by atoms with Gasteiger partial charge in [0.2, 0.25) is 0 Å². The first-order valence-electron chi connectivity index (χ1n) is 9.97. The summed E-state index contributed by atoms with van der Waals surface area (Å²) in [6.45, 7) is 8.28. The molecule has 0 spiro atoms. The summed E-state index contributed by atoms with van der Waals surface area (Å²) in [4.78, 5) is 0. The highest BCUT2D eigenvalue weighted by Gasteiger charge is 2.51. The number of hydrogen-bond acceptors (Lipinski definition) is 4. The van der Waals surface area contributed by atoms with E-state index in [1.807, 2.05) is 36.4 Å². The third kappa shape index (κ3) is 3.02. The zero-order chi connectivity index (χ0) is 20.2. The van der Waals surface area contributed by atoms with Gasteiger partial charge in [-0.15, -0.1) is 0 Å². The van der Waals surface area contributed by atoms with Crippen molar-refractivity contribution < 1.29 is 14.0 Å². The van der Waals surface area contributed by atoms with E-state index >= 15 is 0 Å². The number of fused-ring (bicyclic) bond motifs is 2. The molecule has 3 aromatic rings. The van der Waals surface area contributed by atoms with E-state index < -0.39 is 0 Å². The van der Waals surface area contributed by atoms with E-state index in [1.165, 1.54) is 0 Å². The average molecular weight is 385 g/mol. The molecule has 0 aliphatic carbocycles. The second-order valence-corrected chi connectivity index (χ2v) is 8.61. The van der Waals surface area contributed by atoms with E-state index in [-0.39, 0.29) is 18.3 Å². The molecule has 0 aromatic heterocycles. The Kier molecular flexibility index (Phi) is 4.02. The summed E-state index contributed by atoms with van der Waals surface area (Å²) in [5, 5.41) is 3.52. The fourth-order valence-corrected chi connectivity index (χ4v) is 3.70. The number of rotatable bonds is 2. The van der Waals surface area contributed by atoms with Crippen molar-refractivity contribution in [1.82, 2.24) is 0 Å². The number of anilines is 2. The van der Waals surface area contributed by atoms with Crippen LogP contribution in [0.1, 0.15) is 27.7 Å². The first kappa shape index (κ1) is 18.3. The predicted molar refractivity (Wildman–Crippen MR) is 117 cm³/mol. The molecule has 0 amide bonds.